The molecule has 138 valence electrons. The number of aliphatic carboxylic acids is 1. The van der Waals surface area contributed by atoms with Crippen LogP contribution in [0.1, 0.15) is 24.0 Å². The number of carbonyl (C=O) groups is 1. The standard InChI is InChI=1S/C20H25N3O3/c24-20(25)8-12-23-11-7-16-14-18(6-5-17(16)15-23)26-13-3-10-22-19-4-1-2-9-21-19/h1-2,4-6,9,14H,3,7-8,10-13,15H2,(H,21,22)(H,24,25). The molecule has 0 atom stereocenters. The lowest BCUT2D eigenvalue weighted by Gasteiger charge is -2.28. The molecule has 1 aliphatic rings. The molecule has 0 radical (unpaired) electrons. The fourth-order valence-corrected chi connectivity index (χ4v) is 3.07. The van der Waals surface area contributed by atoms with E-state index < -0.39 is 5.97 Å². The SMILES string of the molecule is O=C(O)CCN1CCc2cc(OCCCNc3ccccn3)ccc2C1. The fourth-order valence-electron chi connectivity index (χ4n) is 3.07. The number of rotatable bonds is 9. The Hall–Kier alpha value is -2.60. The van der Waals surface area contributed by atoms with E-state index in [0.29, 0.717) is 13.2 Å². The Morgan fingerprint density at radius 1 is 1.27 bits per heavy atom. The summed E-state index contributed by atoms with van der Waals surface area (Å²) in [7, 11) is 0. The van der Waals surface area contributed by atoms with E-state index in [-0.39, 0.29) is 6.42 Å². The van der Waals surface area contributed by atoms with E-state index in [1.807, 2.05) is 24.3 Å². The molecule has 0 saturated heterocycles. The van der Waals surface area contributed by atoms with Gasteiger partial charge in [0.15, 0.2) is 0 Å². The van der Waals surface area contributed by atoms with Gasteiger partial charge >= 0.3 is 5.97 Å². The van der Waals surface area contributed by atoms with Gasteiger partial charge in [0.05, 0.1) is 13.0 Å². The fraction of sp³-hybridized carbons (Fsp3) is 0.400. The van der Waals surface area contributed by atoms with Crippen LogP contribution < -0.4 is 10.1 Å². The molecule has 0 bridgehead atoms. The Kier molecular flexibility index (Phi) is 6.44. The molecule has 0 fully saturated rings. The average Bonchev–Trinajstić information content (AvgIpc) is 2.66. The highest BCUT2D eigenvalue weighted by Crippen LogP contribution is 2.24. The quantitative estimate of drug-likeness (QED) is 0.674. The van der Waals surface area contributed by atoms with Gasteiger partial charge in [0, 0.05) is 32.4 Å². The number of anilines is 1. The first-order valence-corrected chi connectivity index (χ1v) is 9.04. The zero-order valence-electron chi connectivity index (χ0n) is 14.9. The molecule has 0 saturated carbocycles. The molecular weight excluding hydrogens is 330 g/mol. The smallest absolute Gasteiger partial charge is 0.304 e. The Bertz CT molecular complexity index is 721. The maximum atomic E-state index is 10.7. The highest BCUT2D eigenvalue weighted by molar-refractivity contribution is 5.66. The molecule has 0 unspecified atom stereocenters. The average molecular weight is 355 g/mol. The van der Waals surface area contributed by atoms with Crippen LogP contribution in [-0.4, -0.2) is 47.2 Å². The van der Waals surface area contributed by atoms with Crippen molar-refractivity contribution in [2.24, 2.45) is 0 Å². The van der Waals surface area contributed by atoms with E-state index in [1.54, 1.807) is 6.20 Å². The van der Waals surface area contributed by atoms with Crippen LogP contribution in [0.25, 0.3) is 0 Å². The minimum Gasteiger partial charge on any atom is -0.494 e. The second-order valence-electron chi connectivity index (χ2n) is 6.44. The number of pyridine rings is 1. The molecule has 0 amide bonds. The van der Waals surface area contributed by atoms with Gasteiger partial charge in [0.1, 0.15) is 11.6 Å². The Morgan fingerprint density at radius 3 is 3.00 bits per heavy atom. The summed E-state index contributed by atoms with van der Waals surface area (Å²) in [6.45, 7) is 3.80. The van der Waals surface area contributed by atoms with E-state index in [2.05, 4.69) is 27.3 Å². The van der Waals surface area contributed by atoms with Crippen molar-refractivity contribution < 1.29 is 14.6 Å². The van der Waals surface area contributed by atoms with Crippen LogP contribution in [0.2, 0.25) is 0 Å². The first kappa shape index (κ1) is 18.2. The van der Waals surface area contributed by atoms with E-state index >= 15 is 0 Å². The van der Waals surface area contributed by atoms with E-state index in [9.17, 15) is 4.79 Å². The van der Waals surface area contributed by atoms with Gasteiger partial charge in [-0.05, 0) is 48.2 Å². The van der Waals surface area contributed by atoms with Gasteiger partial charge in [-0.25, -0.2) is 4.98 Å². The summed E-state index contributed by atoms with van der Waals surface area (Å²) in [4.78, 5) is 17.1. The summed E-state index contributed by atoms with van der Waals surface area (Å²) < 4.78 is 5.86. The molecular formula is C20H25N3O3. The van der Waals surface area contributed by atoms with Crippen LogP contribution in [0.5, 0.6) is 5.75 Å². The van der Waals surface area contributed by atoms with Crippen LogP contribution in [0.3, 0.4) is 0 Å². The lowest BCUT2D eigenvalue weighted by Crippen LogP contribution is -2.32. The lowest BCUT2D eigenvalue weighted by atomic mass is 9.99. The van der Waals surface area contributed by atoms with Crippen LogP contribution in [0.4, 0.5) is 5.82 Å². The van der Waals surface area contributed by atoms with Crippen LogP contribution in [0, 0.1) is 0 Å². The van der Waals surface area contributed by atoms with Gasteiger partial charge in [-0.3, -0.25) is 9.69 Å². The molecule has 6 heteroatoms. The van der Waals surface area contributed by atoms with Crippen LogP contribution >= 0.6 is 0 Å². The zero-order chi connectivity index (χ0) is 18.2. The minimum atomic E-state index is -0.739. The molecule has 0 aliphatic carbocycles. The Balaban J connectivity index is 1.41. The van der Waals surface area contributed by atoms with Gasteiger partial charge in [0.2, 0.25) is 0 Å². The second-order valence-corrected chi connectivity index (χ2v) is 6.44. The predicted molar refractivity (Wildman–Crippen MR) is 101 cm³/mol. The summed E-state index contributed by atoms with van der Waals surface area (Å²) in [5.41, 5.74) is 2.58. The van der Waals surface area contributed by atoms with Crippen molar-refractivity contribution >= 4 is 11.8 Å². The first-order valence-electron chi connectivity index (χ1n) is 9.04. The van der Waals surface area contributed by atoms with Gasteiger partial charge in [-0.1, -0.05) is 12.1 Å². The maximum Gasteiger partial charge on any atom is 0.304 e. The lowest BCUT2D eigenvalue weighted by molar-refractivity contribution is -0.137. The number of aromatic nitrogens is 1. The molecule has 1 aromatic heterocycles. The monoisotopic (exact) mass is 355 g/mol. The zero-order valence-corrected chi connectivity index (χ0v) is 14.9. The normalized spacial score (nSPS) is 13.8. The molecule has 1 aromatic carbocycles. The number of hydrogen-bond donors (Lipinski definition) is 2. The van der Waals surface area contributed by atoms with Crippen LogP contribution in [-0.2, 0) is 17.8 Å². The molecule has 26 heavy (non-hydrogen) atoms. The van der Waals surface area contributed by atoms with Crippen LogP contribution in [0.15, 0.2) is 42.6 Å². The van der Waals surface area contributed by atoms with Crippen molar-refractivity contribution in [2.45, 2.75) is 25.8 Å². The highest BCUT2D eigenvalue weighted by Gasteiger charge is 2.17. The maximum absolute atomic E-state index is 10.7. The van der Waals surface area contributed by atoms with Gasteiger partial charge in [-0.15, -0.1) is 0 Å². The van der Waals surface area contributed by atoms with Crippen molar-refractivity contribution in [1.29, 1.82) is 0 Å². The van der Waals surface area contributed by atoms with E-state index in [1.165, 1.54) is 11.1 Å². The van der Waals surface area contributed by atoms with Crippen molar-refractivity contribution in [3.8, 4) is 5.75 Å². The number of benzene rings is 1. The molecule has 6 nitrogen and oxygen atoms in total. The van der Waals surface area contributed by atoms with Crippen molar-refractivity contribution in [1.82, 2.24) is 9.88 Å². The molecule has 2 aromatic rings. The summed E-state index contributed by atoms with van der Waals surface area (Å²) in [6, 6.07) is 12.0. The summed E-state index contributed by atoms with van der Waals surface area (Å²) in [5, 5.41) is 12.1. The second kappa shape index (κ2) is 9.20. The molecule has 2 N–H and O–H groups in total. The summed E-state index contributed by atoms with van der Waals surface area (Å²) in [6.07, 6.45) is 3.81. The van der Waals surface area contributed by atoms with Gasteiger partial charge in [0.25, 0.3) is 0 Å². The van der Waals surface area contributed by atoms with Gasteiger partial charge < -0.3 is 15.2 Å². The number of nitrogens with zero attached hydrogens (tertiary/aromatic N) is 2. The molecule has 0 spiro atoms. The molecule has 3 rings (SSSR count). The number of fused-ring (bicyclic) bond motifs is 1. The van der Waals surface area contributed by atoms with Crippen molar-refractivity contribution in [2.75, 3.05) is 31.6 Å². The number of carboxylic acids is 1. The van der Waals surface area contributed by atoms with E-state index in [0.717, 1.165) is 44.0 Å². The minimum absolute atomic E-state index is 0.197. The van der Waals surface area contributed by atoms with E-state index in [4.69, 9.17) is 9.84 Å². The third-order valence-corrected chi connectivity index (χ3v) is 4.47. The number of hydrogen-bond acceptors (Lipinski definition) is 5. The molecule has 2 heterocycles. The summed E-state index contributed by atoms with van der Waals surface area (Å²) >= 11 is 0. The topological polar surface area (TPSA) is 74.7 Å². The van der Waals surface area contributed by atoms with Crippen molar-refractivity contribution in [3.63, 3.8) is 0 Å². The third-order valence-electron chi connectivity index (χ3n) is 4.47. The first-order chi connectivity index (χ1) is 12.7. The Labute approximate surface area is 153 Å². The number of nitrogens with one attached hydrogen (secondary N) is 1. The summed E-state index contributed by atoms with van der Waals surface area (Å²) in [5.74, 6) is 1.05. The highest BCUT2D eigenvalue weighted by atomic mass is 16.5. The largest absolute Gasteiger partial charge is 0.494 e. The van der Waals surface area contributed by atoms with Gasteiger partial charge in [-0.2, -0.15) is 0 Å². The van der Waals surface area contributed by atoms with Crippen molar-refractivity contribution in [3.05, 3.63) is 53.7 Å². The number of ether oxygens (including phenoxy) is 1. The predicted octanol–water partition coefficient (Wildman–Crippen LogP) is 2.80. The molecule has 1 aliphatic heterocycles. The third kappa shape index (κ3) is 5.46. The Morgan fingerprint density at radius 2 is 2.19 bits per heavy atom. The number of carboxylic acid groups (broad SMARTS) is 1.